The molecule has 1 aliphatic carbocycles. The molecule has 2 amide bonds. The fraction of sp³-hybridized carbons (Fsp3) is 0.351. The van der Waals surface area contributed by atoms with Crippen molar-refractivity contribution >= 4 is 34.6 Å². The summed E-state index contributed by atoms with van der Waals surface area (Å²) in [5.74, 6) is 1.59. The van der Waals surface area contributed by atoms with Gasteiger partial charge in [0.15, 0.2) is 22.8 Å². The summed E-state index contributed by atoms with van der Waals surface area (Å²) in [6.07, 6.45) is 4.25. The van der Waals surface area contributed by atoms with Crippen LogP contribution in [0.25, 0.3) is 11.2 Å². The Balaban J connectivity index is 1.10. The molecule has 1 saturated heterocycles. The van der Waals surface area contributed by atoms with Gasteiger partial charge in [0.25, 0.3) is 0 Å². The smallest absolute Gasteiger partial charge is 0.319 e. The first-order chi connectivity index (χ1) is 25.9. The number of aliphatic hydroxyl groups excluding tert-OH is 2. The van der Waals surface area contributed by atoms with Gasteiger partial charge >= 0.3 is 6.03 Å². The SMILES string of the molecule is CCc1nnn([C@H]2C[C@@H](n3cnc4c(NCC(c5ccccc5)c5ccccc5)nc(N5CC[C@@H](NC(=O)Nc6cccnc6)C5)nc43)[C@H](O)[C@@H]2O)n1. The Kier molecular flexibility index (Phi) is 9.60. The van der Waals surface area contributed by atoms with Crippen LogP contribution in [0.15, 0.2) is 91.5 Å². The largest absolute Gasteiger partial charge is 0.388 e. The molecule has 16 heteroatoms. The number of rotatable bonds is 11. The Labute approximate surface area is 305 Å². The molecule has 2 aromatic carbocycles. The maximum absolute atomic E-state index is 12.8. The molecule has 8 rings (SSSR count). The summed E-state index contributed by atoms with van der Waals surface area (Å²) < 4.78 is 1.82. The Morgan fingerprint density at radius 1 is 0.962 bits per heavy atom. The van der Waals surface area contributed by atoms with E-state index in [4.69, 9.17) is 15.0 Å². The number of nitrogens with zero attached hydrogens (tertiary/aromatic N) is 10. The minimum Gasteiger partial charge on any atom is -0.388 e. The van der Waals surface area contributed by atoms with Gasteiger partial charge in [0, 0.05) is 44.2 Å². The molecule has 53 heavy (non-hydrogen) atoms. The minimum atomic E-state index is -1.14. The van der Waals surface area contributed by atoms with Gasteiger partial charge < -0.3 is 35.6 Å². The summed E-state index contributed by atoms with van der Waals surface area (Å²) in [4.78, 5) is 35.1. The zero-order valence-corrected chi connectivity index (χ0v) is 29.1. The van der Waals surface area contributed by atoms with Gasteiger partial charge in [-0.1, -0.05) is 67.6 Å². The van der Waals surface area contributed by atoms with Crippen LogP contribution >= 0.6 is 0 Å². The average molecular weight is 716 g/mol. The number of tetrazole rings is 1. The molecule has 2 aliphatic rings. The number of urea groups is 1. The van der Waals surface area contributed by atoms with Crippen molar-refractivity contribution in [3.05, 3.63) is 108 Å². The molecule has 272 valence electrons. The zero-order chi connectivity index (χ0) is 36.3. The van der Waals surface area contributed by atoms with Crippen LogP contribution in [-0.4, -0.2) is 98.8 Å². The van der Waals surface area contributed by atoms with Crippen LogP contribution in [-0.2, 0) is 6.42 Å². The van der Waals surface area contributed by atoms with Crippen molar-refractivity contribution in [2.75, 3.05) is 35.2 Å². The van der Waals surface area contributed by atoms with E-state index in [-0.39, 0.29) is 18.0 Å². The Morgan fingerprint density at radius 3 is 2.42 bits per heavy atom. The summed E-state index contributed by atoms with van der Waals surface area (Å²) in [5, 5.41) is 44.7. The number of aromatic nitrogens is 9. The van der Waals surface area contributed by atoms with Crippen LogP contribution in [0.5, 0.6) is 0 Å². The second-order valence-electron chi connectivity index (χ2n) is 13.5. The summed E-state index contributed by atoms with van der Waals surface area (Å²) in [5.41, 5.74) is 3.96. The quantitative estimate of drug-likeness (QED) is 0.131. The lowest BCUT2D eigenvalue weighted by Crippen LogP contribution is -2.40. The van der Waals surface area contributed by atoms with E-state index in [9.17, 15) is 15.0 Å². The number of hydrogen-bond acceptors (Lipinski definition) is 12. The zero-order valence-electron chi connectivity index (χ0n) is 29.1. The number of imidazole rings is 1. The van der Waals surface area contributed by atoms with E-state index in [1.165, 1.54) is 4.80 Å². The minimum absolute atomic E-state index is 0.0161. The number of aliphatic hydroxyl groups is 2. The Bertz CT molecular complexity index is 2110. The van der Waals surface area contributed by atoms with Gasteiger partial charge in [-0.2, -0.15) is 14.8 Å². The van der Waals surface area contributed by atoms with Crippen molar-refractivity contribution in [2.24, 2.45) is 0 Å². The normalized spacial score (nSPS) is 21.4. The highest BCUT2D eigenvalue weighted by molar-refractivity contribution is 5.89. The number of anilines is 3. The van der Waals surface area contributed by atoms with E-state index in [1.807, 2.05) is 52.8 Å². The van der Waals surface area contributed by atoms with Crippen molar-refractivity contribution < 1.29 is 15.0 Å². The predicted octanol–water partition coefficient (Wildman–Crippen LogP) is 3.32. The molecule has 0 unspecified atom stereocenters. The molecule has 5 N–H and O–H groups in total. The number of carbonyl (C=O) groups excluding carboxylic acids is 1. The van der Waals surface area contributed by atoms with Crippen LogP contribution in [0, 0.1) is 0 Å². The van der Waals surface area contributed by atoms with Crippen LogP contribution in [0.3, 0.4) is 0 Å². The molecule has 0 spiro atoms. The number of nitrogens with one attached hydrogen (secondary N) is 3. The fourth-order valence-electron chi connectivity index (χ4n) is 7.29. The first kappa shape index (κ1) is 34.1. The number of aryl methyl sites for hydroxylation is 1. The van der Waals surface area contributed by atoms with Gasteiger partial charge in [-0.25, -0.2) is 9.78 Å². The third-order valence-corrected chi connectivity index (χ3v) is 10.1. The molecule has 5 heterocycles. The number of fused-ring (bicyclic) bond motifs is 1. The number of amides is 2. The first-order valence-corrected chi connectivity index (χ1v) is 17.9. The lowest BCUT2D eigenvalue weighted by Gasteiger charge is -2.22. The van der Waals surface area contributed by atoms with E-state index in [0.717, 1.165) is 11.1 Å². The van der Waals surface area contributed by atoms with Crippen LogP contribution in [0.4, 0.5) is 22.2 Å². The van der Waals surface area contributed by atoms with Gasteiger partial charge in [0.05, 0.1) is 24.3 Å². The van der Waals surface area contributed by atoms with E-state index >= 15 is 0 Å². The molecule has 0 bridgehead atoms. The molecular formula is C37H41N13O3. The molecule has 1 aliphatic heterocycles. The Hall–Kier alpha value is -6.00. The summed E-state index contributed by atoms with van der Waals surface area (Å²) in [7, 11) is 0. The lowest BCUT2D eigenvalue weighted by molar-refractivity contribution is 0.00473. The van der Waals surface area contributed by atoms with Crippen molar-refractivity contribution in [3.8, 4) is 0 Å². The Morgan fingerprint density at radius 2 is 1.72 bits per heavy atom. The number of pyridine rings is 1. The monoisotopic (exact) mass is 715 g/mol. The van der Waals surface area contributed by atoms with E-state index in [0.29, 0.717) is 73.3 Å². The molecule has 6 aromatic rings. The van der Waals surface area contributed by atoms with Crippen LogP contribution in [0.2, 0.25) is 0 Å². The van der Waals surface area contributed by atoms with Crippen molar-refractivity contribution in [1.82, 2.24) is 50.0 Å². The fourth-order valence-corrected chi connectivity index (χ4v) is 7.29. The number of hydrogen-bond donors (Lipinski definition) is 5. The number of carbonyl (C=O) groups is 1. The third-order valence-electron chi connectivity index (χ3n) is 10.1. The van der Waals surface area contributed by atoms with E-state index < -0.39 is 24.3 Å². The maximum atomic E-state index is 12.8. The maximum Gasteiger partial charge on any atom is 0.319 e. The van der Waals surface area contributed by atoms with Gasteiger partial charge in [-0.3, -0.25) is 4.98 Å². The number of benzene rings is 2. The van der Waals surface area contributed by atoms with Crippen LogP contribution in [0.1, 0.15) is 54.7 Å². The van der Waals surface area contributed by atoms with E-state index in [1.54, 1.807) is 30.9 Å². The lowest BCUT2D eigenvalue weighted by atomic mass is 9.91. The van der Waals surface area contributed by atoms with Crippen molar-refractivity contribution in [2.45, 2.75) is 62.4 Å². The van der Waals surface area contributed by atoms with Gasteiger partial charge in [0.1, 0.15) is 18.2 Å². The van der Waals surface area contributed by atoms with Gasteiger partial charge in [-0.05, 0) is 41.3 Å². The van der Waals surface area contributed by atoms with Gasteiger partial charge in [-0.15, -0.1) is 10.2 Å². The highest BCUT2D eigenvalue weighted by Crippen LogP contribution is 2.40. The van der Waals surface area contributed by atoms with Crippen molar-refractivity contribution in [1.29, 1.82) is 0 Å². The molecule has 1 saturated carbocycles. The van der Waals surface area contributed by atoms with Crippen LogP contribution < -0.4 is 20.9 Å². The topological polar surface area (TPSA) is 197 Å². The van der Waals surface area contributed by atoms with Gasteiger partial charge in [0.2, 0.25) is 5.95 Å². The summed E-state index contributed by atoms with van der Waals surface area (Å²) >= 11 is 0. The molecule has 5 atom stereocenters. The summed E-state index contributed by atoms with van der Waals surface area (Å²) in [6, 6.07) is 22.6. The second kappa shape index (κ2) is 14.9. The molecular weight excluding hydrogens is 674 g/mol. The van der Waals surface area contributed by atoms with Crippen molar-refractivity contribution in [3.63, 3.8) is 0 Å². The molecule has 4 aromatic heterocycles. The molecule has 2 fully saturated rings. The van der Waals surface area contributed by atoms with E-state index in [2.05, 4.69) is 60.6 Å². The molecule has 16 nitrogen and oxygen atoms in total. The molecule has 0 radical (unpaired) electrons. The summed E-state index contributed by atoms with van der Waals surface area (Å²) in [6.45, 7) is 3.55. The first-order valence-electron chi connectivity index (χ1n) is 17.9. The predicted molar refractivity (Wildman–Crippen MR) is 197 cm³/mol. The second-order valence-corrected chi connectivity index (χ2v) is 13.5. The highest BCUT2D eigenvalue weighted by Gasteiger charge is 2.45. The third kappa shape index (κ3) is 7.10. The standard InChI is InChI=1S/C37H41N13O3/c1-2-30-45-47-50(46-30)29-18-28(32(51)33(29)52)49-22-40-31-34(39-20-27(23-10-5-3-6-11-23)24-12-7-4-8-13-24)43-36(44-35(31)49)48-17-15-26(21-48)42-37(53)41-25-14-9-16-38-19-25/h3-14,16,19,22,26-29,32-33,51-52H,2,15,17-18,20-21H2,1H3,(H,39,43,44)(H2,41,42,53)/t26-,28-,29+,32+,33-/m1/s1. The average Bonchev–Trinajstić information content (AvgIpc) is 4.00. The highest BCUT2D eigenvalue weighted by atomic mass is 16.3.